The third kappa shape index (κ3) is 3.95. The number of methoxy groups -OCH3 is 2. The highest BCUT2D eigenvalue weighted by Gasteiger charge is 2.35. The Hall–Kier alpha value is -1.79. The number of carbonyl (C=O) groups is 1. The predicted molar refractivity (Wildman–Crippen MR) is 87.9 cm³/mol. The second kappa shape index (κ2) is 7.66. The monoisotopic (exact) mass is 322 g/mol. The van der Waals surface area contributed by atoms with E-state index in [1.165, 1.54) is 0 Å². The maximum absolute atomic E-state index is 12.6. The molecule has 1 fully saturated rings. The average Bonchev–Trinajstić information content (AvgIpc) is 2.99. The van der Waals surface area contributed by atoms with Gasteiger partial charge >= 0.3 is 0 Å². The summed E-state index contributed by atoms with van der Waals surface area (Å²) in [5.41, 5.74) is 0.873. The fraction of sp³-hybridized carbons (Fsp3) is 0.588. The van der Waals surface area contributed by atoms with Crippen LogP contribution >= 0.6 is 0 Å². The molecule has 1 aromatic rings. The number of aliphatic hydroxyl groups excluding tert-OH is 1. The summed E-state index contributed by atoms with van der Waals surface area (Å²) in [6.07, 6.45) is 1.10. The fourth-order valence-electron chi connectivity index (χ4n) is 3.01. The first-order valence-corrected chi connectivity index (χ1v) is 7.77. The Morgan fingerprint density at radius 3 is 2.57 bits per heavy atom. The Morgan fingerprint density at radius 2 is 2.00 bits per heavy atom. The first kappa shape index (κ1) is 17.6. The maximum atomic E-state index is 12.6. The Kier molecular flexibility index (Phi) is 5.85. The Labute approximate surface area is 137 Å². The van der Waals surface area contributed by atoms with Crippen molar-refractivity contribution in [2.24, 2.45) is 0 Å². The number of benzene rings is 1. The minimum Gasteiger partial charge on any atom is -0.493 e. The molecule has 0 spiro atoms. The molecule has 0 aliphatic carbocycles. The third-order valence-corrected chi connectivity index (χ3v) is 4.46. The van der Waals surface area contributed by atoms with E-state index in [-0.39, 0.29) is 25.0 Å². The van der Waals surface area contributed by atoms with Gasteiger partial charge < -0.3 is 24.4 Å². The van der Waals surface area contributed by atoms with Crippen LogP contribution in [0.3, 0.4) is 0 Å². The number of ether oxygens (including phenoxy) is 2. The third-order valence-electron chi connectivity index (χ3n) is 4.46. The van der Waals surface area contributed by atoms with Crippen molar-refractivity contribution in [2.75, 3.05) is 41.5 Å². The van der Waals surface area contributed by atoms with Crippen molar-refractivity contribution in [2.45, 2.75) is 24.9 Å². The van der Waals surface area contributed by atoms with Gasteiger partial charge in [-0.3, -0.25) is 4.79 Å². The summed E-state index contributed by atoms with van der Waals surface area (Å²) in [4.78, 5) is 16.5. The maximum Gasteiger partial charge on any atom is 0.227 e. The molecule has 1 amide bonds. The van der Waals surface area contributed by atoms with Crippen molar-refractivity contribution in [1.29, 1.82) is 0 Å². The minimum absolute atomic E-state index is 0.00200. The van der Waals surface area contributed by atoms with Gasteiger partial charge in [0, 0.05) is 12.6 Å². The molecule has 1 aliphatic heterocycles. The summed E-state index contributed by atoms with van der Waals surface area (Å²) in [6.45, 7) is 0.659. The molecule has 0 aromatic heterocycles. The van der Waals surface area contributed by atoms with Crippen molar-refractivity contribution < 1.29 is 19.4 Å². The van der Waals surface area contributed by atoms with Crippen LogP contribution in [0.2, 0.25) is 0 Å². The van der Waals surface area contributed by atoms with E-state index in [0.29, 0.717) is 24.1 Å². The van der Waals surface area contributed by atoms with Gasteiger partial charge in [-0.25, -0.2) is 0 Å². The van der Waals surface area contributed by atoms with Crippen LogP contribution < -0.4 is 9.47 Å². The lowest BCUT2D eigenvalue weighted by Crippen LogP contribution is -2.39. The van der Waals surface area contributed by atoms with Crippen LogP contribution in [-0.2, 0) is 11.2 Å². The van der Waals surface area contributed by atoms with Crippen LogP contribution in [0, 0.1) is 0 Å². The zero-order valence-electron chi connectivity index (χ0n) is 14.3. The fourth-order valence-corrected chi connectivity index (χ4v) is 3.01. The standard InChI is InChI=1S/C17H26N2O4/c1-18(2)13-9-14(11-20)19(10-13)17(21)8-12-5-6-15(22-3)16(7-12)23-4/h5-7,13-14,20H,8-11H2,1-4H3/t13-,14+/m1/s1. The van der Waals surface area contributed by atoms with Crippen molar-refractivity contribution >= 4 is 5.91 Å². The van der Waals surface area contributed by atoms with Crippen LogP contribution in [0.1, 0.15) is 12.0 Å². The zero-order valence-corrected chi connectivity index (χ0v) is 14.3. The van der Waals surface area contributed by atoms with E-state index in [4.69, 9.17) is 9.47 Å². The second-order valence-corrected chi connectivity index (χ2v) is 6.10. The molecule has 2 atom stereocenters. The van der Waals surface area contributed by atoms with E-state index in [1.807, 2.05) is 26.2 Å². The summed E-state index contributed by atoms with van der Waals surface area (Å²) >= 11 is 0. The van der Waals surface area contributed by atoms with Gasteiger partial charge in [0.05, 0.1) is 33.3 Å². The Bertz CT molecular complexity index is 547. The van der Waals surface area contributed by atoms with Gasteiger partial charge in [0.15, 0.2) is 11.5 Å². The first-order chi connectivity index (χ1) is 11.0. The molecule has 0 saturated carbocycles. The average molecular weight is 322 g/mol. The molecule has 23 heavy (non-hydrogen) atoms. The number of likely N-dealkylation sites (tertiary alicyclic amines) is 1. The highest BCUT2D eigenvalue weighted by molar-refractivity contribution is 5.79. The first-order valence-electron chi connectivity index (χ1n) is 7.77. The molecule has 1 aliphatic rings. The molecule has 2 rings (SSSR count). The molecule has 6 heteroatoms. The summed E-state index contributed by atoms with van der Waals surface area (Å²) < 4.78 is 10.5. The van der Waals surface area contributed by atoms with Crippen molar-refractivity contribution in [1.82, 2.24) is 9.80 Å². The van der Waals surface area contributed by atoms with Gasteiger partial charge in [0.25, 0.3) is 0 Å². The van der Waals surface area contributed by atoms with Gasteiger partial charge in [0.1, 0.15) is 0 Å². The number of rotatable bonds is 6. The lowest BCUT2D eigenvalue weighted by molar-refractivity contribution is -0.132. The molecule has 6 nitrogen and oxygen atoms in total. The molecule has 1 heterocycles. The van der Waals surface area contributed by atoms with E-state index < -0.39 is 0 Å². The summed E-state index contributed by atoms with van der Waals surface area (Å²) in [5, 5.41) is 9.55. The minimum atomic E-state index is -0.102. The number of aliphatic hydroxyl groups is 1. The SMILES string of the molecule is COc1ccc(CC(=O)N2C[C@H](N(C)C)C[C@H]2CO)cc1OC. The molecular formula is C17H26N2O4. The van der Waals surface area contributed by atoms with Gasteiger partial charge in [-0.2, -0.15) is 0 Å². The highest BCUT2D eigenvalue weighted by atomic mass is 16.5. The van der Waals surface area contributed by atoms with Crippen molar-refractivity contribution in [3.8, 4) is 11.5 Å². The lowest BCUT2D eigenvalue weighted by atomic mass is 10.1. The molecule has 1 aromatic carbocycles. The van der Waals surface area contributed by atoms with E-state index in [9.17, 15) is 9.90 Å². The number of likely N-dealkylation sites (N-methyl/N-ethyl adjacent to an activating group) is 1. The van der Waals surface area contributed by atoms with Gasteiger partial charge in [-0.05, 0) is 38.2 Å². The van der Waals surface area contributed by atoms with Crippen LogP contribution in [0.4, 0.5) is 0 Å². The van der Waals surface area contributed by atoms with E-state index in [0.717, 1.165) is 12.0 Å². The van der Waals surface area contributed by atoms with Crippen molar-refractivity contribution in [3.05, 3.63) is 23.8 Å². The molecule has 0 radical (unpaired) electrons. The molecule has 0 bridgehead atoms. The summed E-state index contributed by atoms with van der Waals surface area (Å²) in [7, 11) is 7.16. The van der Waals surface area contributed by atoms with Gasteiger partial charge in [0.2, 0.25) is 5.91 Å². The lowest BCUT2D eigenvalue weighted by Gasteiger charge is -2.23. The topological polar surface area (TPSA) is 62.2 Å². The van der Waals surface area contributed by atoms with Crippen LogP contribution in [0.15, 0.2) is 18.2 Å². The summed E-state index contributed by atoms with van der Waals surface area (Å²) in [5.74, 6) is 1.29. The Balaban J connectivity index is 2.09. The second-order valence-electron chi connectivity index (χ2n) is 6.10. The number of hydrogen-bond donors (Lipinski definition) is 1. The Morgan fingerprint density at radius 1 is 1.30 bits per heavy atom. The number of amides is 1. The predicted octanol–water partition coefficient (Wildman–Crippen LogP) is 0.770. The van der Waals surface area contributed by atoms with Crippen LogP contribution in [0.5, 0.6) is 11.5 Å². The quantitative estimate of drug-likeness (QED) is 0.838. The number of hydrogen-bond acceptors (Lipinski definition) is 5. The molecule has 128 valence electrons. The molecule has 0 unspecified atom stereocenters. The van der Waals surface area contributed by atoms with Gasteiger partial charge in [-0.1, -0.05) is 6.07 Å². The number of nitrogens with zero attached hydrogens (tertiary/aromatic N) is 2. The molecule has 1 N–H and O–H groups in total. The van der Waals surface area contributed by atoms with Crippen LogP contribution in [-0.4, -0.2) is 74.4 Å². The van der Waals surface area contributed by atoms with Crippen molar-refractivity contribution in [3.63, 3.8) is 0 Å². The molecular weight excluding hydrogens is 296 g/mol. The van der Waals surface area contributed by atoms with Crippen LogP contribution in [0.25, 0.3) is 0 Å². The summed E-state index contributed by atoms with van der Waals surface area (Å²) in [6, 6.07) is 5.69. The smallest absolute Gasteiger partial charge is 0.227 e. The van der Waals surface area contributed by atoms with E-state index in [2.05, 4.69) is 4.90 Å². The number of carbonyl (C=O) groups excluding carboxylic acids is 1. The largest absolute Gasteiger partial charge is 0.493 e. The molecule has 1 saturated heterocycles. The van der Waals surface area contributed by atoms with Gasteiger partial charge in [-0.15, -0.1) is 0 Å². The van der Waals surface area contributed by atoms with E-state index in [1.54, 1.807) is 25.2 Å². The zero-order chi connectivity index (χ0) is 17.0. The normalized spacial score (nSPS) is 20.9. The highest BCUT2D eigenvalue weighted by Crippen LogP contribution is 2.28. The van der Waals surface area contributed by atoms with E-state index >= 15 is 0 Å².